The van der Waals surface area contributed by atoms with E-state index in [4.69, 9.17) is 0 Å². The van der Waals surface area contributed by atoms with Crippen molar-refractivity contribution in [3.63, 3.8) is 0 Å². The highest BCUT2D eigenvalue weighted by atomic mass is 32.2. The zero-order valence-corrected chi connectivity index (χ0v) is 12.9. The van der Waals surface area contributed by atoms with E-state index in [1.165, 1.54) is 18.4 Å². The van der Waals surface area contributed by atoms with E-state index in [2.05, 4.69) is 17.0 Å². The number of anilines is 1. The van der Waals surface area contributed by atoms with Crippen molar-refractivity contribution in [2.24, 2.45) is 0 Å². The van der Waals surface area contributed by atoms with Crippen LogP contribution in [0.4, 0.5) is 5.69 Å². The van der Waals surface area contributed by atoms with Crippen LogP contribution < -0.4 is 10.0 Å². The van der Waals surface area contributed by atoms with Gasteiger partial charge >= 0.3 is 0 Å². The quantitative estimate of drug-likeness (QED) is 0.848. The fraction of sp³-hybridized carbons (Fsp3) is 0.600. The lowest BCUT2D eigenvalue weighted by atomic mass is 10.0. The van der Waals surface area contributed by atoms with E-state index in [-0.39, 0.29) is 5.75 Å². The summed E-state index contributed by atoms with van der Waals surface area (Å²) in [6.07, 6.45) is 5.12. The zero-order chi connectivity index (χ0) is 14.4. The molecular formula is C15H24N2O2S. The van der Waals surface area contributed by atoms with E-state index >= 15 is 0 Å². The molecule has 5 heteroatoms. The third kappa shape index (κ3) is 4.80. The lowest BCUT2D eigenvalue weighted by Gasteiger charge is -2.23. The third-order valence-corrected chi connectivity index (χ3v) is 5.10. The van der Waals surface area contributed by atoms with Gasteiger partial charge in [0.25, 0.3) is 0 Å². The van der Waals surface area contributed by atoms with E-state index in [1.807, 2.05) is 24.3 Å². The number of hydrogen-bond donors (Lipinski definition) is 2. The van der Waals surface area contributed by atoms with Crippen LogP contribution in [0.2, 0.25) is 0 Å². The Morgan fingerprint density at radius 2 is 2.00 bits per heavy atom. The van der Waals surface area contributed by atoms with E-state index in [1.54, 1.807) is 0 Å². The third-order valence-electron chi connectivity index (χ3n) is 3.78. The molecule has 0 radical (unpaired) electrons. The first-order valence-electron chi connectivity index (χ1n) is 7.42. The van der Waals surface area contributed by atoms with Gasteiger partial charge in [-0.15, -0.1) is 0 Å². The molecule has 1 saturated heterocycles. The summed E-state index contributed by atoms with van der Waals surface area (Å²) in [5, 5.41) is 3.38. The van der Waals surface area contributed by atoms with Crippen LogP contribution in [0.15, 0.2) is 24.3 Å². The molecule has 1 aromatic carbocycles. The van der Waals surface area contributed by atoms with Crippen molar-refractivity contribution in [1.82, 2.24) is 5.32 Å². The molecule has 0 saturated carbocycles. The summed E-state index contributed by atoms with van der Waals surface area (Å²) in [5.74, 6) is 0.181. The van der Waals surface area contributed by atoms with Crippen LogP contribution in [-0.4, -0.2) is 26.8 Å². The zero-order valence-electron chi connectivity index (χ0n) is 12.1. The van der Waals surface area contributed by atoms with Crippen LogP contribution >= 0.6 is 0 Å². The monoisotopic (exact) mass is 296 g/mol. The van der Waals surface area contributed by atoms with Crippen molar-refractivity contribution in [2.45, 2.75) is 45.1 Å². The van der Waals surface area contributed by atoms with Crippen molar-refractivity contribution in [2.75, 3.05) is 17.0 Å². The second-order valence-electron chi connectivity index (χ2n) is 5.41. The highest BCUT2D eigenvalue weighted by molar-refractivity contribution is 7.92. The maximum absolute atomic E-state index is 12.1. The standard InChI is InChI=1S/C15H24N2O2S/c1-2-13-6-8-15(9-7-13)17-20(18,19)12-10-14-5-3-4-11-16-14/h6-9,14,16-17H,2-5,10-12H2,1H3. The second kappa shape index (κ2) is 7.09. The minimum Gasteiger partial charge on any atom is -0.314 e. The molecule has 20 heavy (non-hydrogen) atoms. The van der Waals surface area contributed by atoms with Crippen LogP contribution in [0, 0.1) is 0 Å². The first kappa shape index (κ1) is 15.3. The number of sulfonamides is 1. The Kier molecular flexibility index (Phi) is 5.43. The lowest BCUT2D eigenvalue weighted by molar-refractivity contribution is 0.393. The fourth-order valence-corrected chi connectivity index (χ4v) is 3.70. The largest absolute Gasteiger partial charge is 0.314 e. The summed E-state index contributed by atoms with van der Waals surface area (Å²) in [4.78, 5) is 0. The number of benzene rings is 1. The summed E-state index contributed by atoms with van der Waals surface area (Å²) in [5.41, 5.74) is 1.86. The highest BCUT2D eigenvalue weighted by Crippen LogP contribution is 2.14. The van der Waals surface area contributed by atoms with Gasteiger partial charge in [0, 0.05) is 11.7 Å². The minimum absolute atomic E-state index is 0.181. The van der Waals surface area contributed by atoms with Crippen LogP contribution in [-0.2, 0) is 16.4 Å². The predicted octanol–water partition coefficient (Wildman–Crippen LogP) is 2.52. The maximum atomic E-state index is 12.1. The molecule has 2 N–H and O–H groups in total. The van der Waals surface area contributed by atoms with E-state index in [0.29, 0.717) is 18.2 Å². The van der Waals surface area contributed by atoms with Gasteiger partial charge < -0.3 is 5.32 Å². The van der Waals surface area contributed by atoms with E-state index in [0.717, 1.165) is 19.4 Å². The molecule has 0 amide bonds. The Morgan fingerprint density at radius 3 is 2.60 bits per heavy atom. The van der Waals surface area contributed by atoms with Gasteiger partial charge in [0.15, 0.2) is 0 Å². The Bertz CT molecular complexity index is 505. The van der Waals surface area contributed by atoms with Gasteiger partial charge in [-0.3, -0.25) is 4.72 Å². The second-order valence-corrected chi connectivity index (χ2v) is 7.25. The Hall–Kier alpha value is -1.07. The van der Waals surface area contributed by atoms with Crippen molar-refractivity contribution in [1.29, 1.82) is 0 Å². The summed E-state index contributed by atoms with van der Waals surface area (Å²) in [6.45, 7) is 3.09. The molecule has 0 aromatic heterocycles. The molecule has 4 nitrogen and oxygen atoms in total. The van der Waals surface area contributed by atoms with Crippen molar-refractivity contribution in [3.8, 4) is 0 Å². The normalized spacial score (nSPS) is 19.8. The SMILES string of the molecule is CCc1ccc(NS(=O)(=O)CCC2CCCCN2)cc1. The summed E-state index contributed by atoms with van der Waals surface area (Å²) < 4.78 is 26.8. The van der Waals surface area contributed by atoms with Crippen LogP contribution in [0.1, 0.15) is 38.2 Å². The number of nitrogens with one attached hydrogen (secondary N) is 2. The molecule has 1 unspecified atom stereocenters. The van der Waals surface area contributed by atoms with Gasteiger partial charge in [-0.1, -0.05) is 25.5 Å². The Balaban J connectivity index is 1.85. The number of piperidine rings is 1. The van der Waals surface area contributed by atoms with Gasteiger partial charge in [0.1, 0.15) is 0 Å². The molecule has 0 aliphatic carbocycles. The van der Waals surface area contributed by atoms with Crippen molar-refractivity contribution >= 4 is 15.7 Å². The Labute approximate surface area is 122 Å². The molecule has 1 heterocycles. The van der Waals surface area contributed by atoms with E-state index < -0.39 is 10.0 Å². The van der Waals surface area contributed by atoms with Gasteiger partial charge in [-0.25, -0.2) is 8.42 Å². The summed E-state index contributed by atoms with van der Waals surface area (Å²) in [7, 11) is -3.24. The molecule has 1 fully saturated rings. The molecule has 1 atom stereocenters. The summed E-state index contributed by atoms with van der Waals surface area (Å²) in [6, 6.07) is 7.92. The van der Waals surface area contributed by atoms with Gasteiger partial charge in [0.2, 0.25) is 10.0 Å². The Morgan fingerprint density at radius 1 is 1.25 bits per heavy atom. The predicted molar refractivity (Wildman–Crippen MR) is 83.5 cm³/mol. The first-order chi connectivity index (χ1) is 9.59. The fourth-order valence-electron chi connectivity index (χ4n) is 2.51. The minimum atomic E-state index is -3.24. The molecule has 2 rings (SSSR count). The molecule has 1 aliphatic rings. The maximum Gasteiger partial charge on any atom is 0.232 e. The topological polar surface area (TPSA) is 58.2 Å². The lowest BCUT2D eigenvalue weighted by Crippen LogP contribution is -2.36. The molecule has 1 aliphatic heterocycles. The van der Waals surface area contributed by atoms with Crippen LogP contribution in [0.5, 0.6) is 0 Å². The van der Waals surface area contributed by atoms with Crippen molar-refractivity contribution in [3.05, 3.63) is 29.8 Å². The van der Waals surface area contributed by atoms with Crippen LogP contribution in [0.3, 0.4) is 0 Å². The molecule has 0 spiro atoms. The smallest absolute Gasteiger partial charge is 0.232 e. The van der Waals surface area contributed by atoms with Crippen molar-refractivity contribution < 1.29 is 8.42 Å². The molecule has 0 bridgehead atoms. The number of hydrogen-bond acceptors (Lipinski definition) is 3. The summed E-state index contributed by atoms with van der Waals surface area (Å²) >= 11 is 0. The highest BCUT2D eigenvalue weighted by Gasteiger charge is 2.17. The van der Waals surface area contributed by atoms with Gasteiger partial charge in [-0.2, -0.15) is 0 Å². The average Bonchev–Trinajstić information content (AvgIpc) is 2.47. The number of rotatable bonds is 6. The first-order valence-corrected chi connectivity index (χ1v) is 9.07. The van der Waals surface area contributed by atoms with Gasteiger partial charge in [-0.05, 0) is 49.9 Å². The molecule has 1 aromatic rings. The van der Waals surface area contributed by atoms with E-state index in [9.17, 15) is 8.42 Å². The van der Waals surface area contributed by atoms with Gasteiger partial charge in [0.05, 0.1) is 5.75 Å². The number of aryl methyl sites for hydroxylation is 1. The van der Waals surface area contributed by atoms with Crippen LogP contribution in [0.25, 0.3) is 0 Å². The molecule has 112 valence electrons. The molecular weight excluding hydrogens is 272 g/mol. The average molecular weight is 296 g/mol.